The number of benzene rings is 1. The highest BCUT2D eigenvalue weighted by molar-refractivity contribution is 7.89. The maximum Gasteiger partial charge on any atom is 0.244 e. The Balaban J connectivity index is 2.05. The van der Waals surface area contributed by atoms with Crippen molar-refractivity contribution >= 4 is 33.2 Å². The fourth-order valence-corrected chi connectivity index (χ4v) is 4.24. The standard InChI is InChI=1S/C14H19Cl2NO3S/c1-17(8-7-12-4-2-3-9-20-12)21(18,19)14-10-11(15)5-6-13(14)16/h5-6,10,12H,2-4,7-9H2,1H3. The molecule has 4 nitrogen and oxygen atoms in total. The number of sulfonamides is 1. The SMILES string of the molecule is CN(CCC1CCCCO1)S(=O)(=O)c1cc(Cl)ccc1Cl. The molecule has 1 unspecified atom stereocenters. The smallest absolute Gasteiger partial charge is 0.244 e. The maximum atomic E-state index is 12.5. The lowest BCUT2D eigenvalue weighted by Gasteiger charge is -2.25. The molecule has 1 aliphatic rings. The van der Waals surface area contributed by atoms with Crippen LogP contribution in [0, 0.1) is 0 Å². The fraction of sp³-hybridized carbons (Fsp3) is 0.571. The predicted molar refractivity (Wildman–Crippen MR) is 84.5 cm³/mol. The Hall–Kier alpha value is -0.330. The van der Waals surface area contributed by atoms with Gasteiger partial charge in [0.05, 0.1) is 11.1 Å². The second-order valence-electron chi connectivity index (χ2n) is 5.18. The van der Waals surface area contributed by atoms with E-state index in [9.17, 15) is 8.42 Å². The van der Waals surface area contributed by atoms with E-state index in [1.807, 2.05) is 0 Å². The molecule has 118 valence electrons. The normalized spacial score (nSPS) is 19.9. The van der Waals surface area contributed by atoms with Gasteiger partial charge in [-0.1, -0.05) is 23.2 Å². The average Bonchev–Trinajstić information content (AvgIpc) is 2.48. The van der Waals surface area contributed by atoms with Crippen LogP contribution in [0.25, 0.3) is 0 Å². The Kier molecular flexibility index (Phi) is 5.91. The van der Waals surface area contributed by atoms with E-state index in [-0.39, 0.29) is 16.0 Å². The zero-order valence-corrected chi connectivity index (χ0v) is 14.2. The molecule has 1 aromatic rings. The number of halogens is 2. The van der Waals surface area contributed by atoms with E-state index in [0.717, 1.165) is 25.9 Å². The van der Waals surface area contributed by atoms with E-state index in [0.29, 0.717) is 18.0 Å². The molecule has 0 spiro atoms. The van der Waals surface area contributed by atoms with Crippen LogP contribution in [0.15, 0.2) is 23.1 Å². The van der Waals surface area contributed by atoms with E-state index in [1.165, 1.54) is 16.4 Å². The van der Waals surface area contributed by atoms with E-state index >= 15 is 0 Å². The molecule has 1 heterocycles. The molecule has 0 N–H and O–H groups in total. The fourth-order valence-electron chi connectivity index (χ4n) is 2.32. The molecular formula is C14H19Cl2NO3S. The molecule has 1 fully saturated rings. The first-order valence-electron chi connectivity index (χ1n) is 6.94. The number of ether oxygens (including phenoxy) is 1. The molecule has 0 aromatic heterocycles. The molecule has 1 saturated heterocycles. The summed E-state index contributed by atoms with van der Waals surface area (Å²) in [6.07, 6.45) is 4.05. The van der Waals surface area contributed by atoms with Gasteiger partial charge in [-0.3, -0.25) is 0 Å². The minimum absolute atomic E-state index is 0.0451. The van der Waals surface area contributed by atoms with Crippen LogP contribution in [0.5, 0.6) is 0 Å². The summed E-state index contributed by atoms with van der Waals surface area (Å²) in [5.41, 5.74) is 0. The number of nitrogens with zero attached hydrogens (tertiary/aromatic N) is 1. The lowest BCUT2D eigenvalue weighted by Crippen LogP contribution is -2.31. The molecule has 0 radical (unpaired) electrons. The van der Waals surface area contributed by atoms with Gasteiger partial charge in [-0.05, 0) is 43.9 Å². The van der Waals surface area contributed by atoms with Crippen LogP contribution in [-0.2, 0) is 14.8 Å². The van der Waals surface area contributed by atoms with Crippen molar-refractivity contribution in [3.63, 3.8) is 0 Å². The topological polar surface area (TPSA) is 46.6 Å². The molecule has 1 aromatic carbocycles. The summed E-state index contributed by atoms with van der Waals surface area (Å²) < 4.78 is 32.0. The van der Waals surface area contributed by atoms with Crippen molar-refractivity contribution in [3.05, 3.63) is 28.2 Å². The molecule has 0 aliphatic carbocycles. The lowest BCUT2D eigenvalue weighted by atomic mass is 10.1. The summed E-state index contributed by atoms with van der Waals surface area (Å²) in [5, 5.41) is 0.530. The van der Waals surface area contributed by atoms with Gasteiger partial charge in [0.15, 0.2) is 0 Å². The third-order valence-electron chi connectivity index (χ3n) is 3.62. The maximum absolute atomic E-state index is 12.5. The van der Waals surface area contributed by atoms with Gasteiger partial charge in [-0.25, -0.2) is 12.7 Å². The largest absolute Gasteiger partial charge is 0.378 e. The molecule has 21 heavy (non-hydrogen) atoms. The quantitative estimate of drug-likeness (QED) is 0.814. The highest BCUT2D eigenvalue weighted by Crippen LogP contribution is 2.27. The molecule has 0 amide bonds. The molecular weight excluding hydrogens is 333 g/mol. The summed E-state index contributed by atoms with van der Waals surface area (Å²) >= 11 is 11.8. The Morgan fingerprint density at radius 2 is 2.10 bits per heavy atom. The van der Waals surface area contributed by atoms with Gasteiger partial charge in [0, 0.05) is 25.2 Å². The van der Waals surface area contributed by atoms with Crippen LogP contribution in [0.3, 0.4) is 0 Å². The average molecular weight is 352 g/mol. The molecule has 1 aliphatic heterocycles. The Morgan fingerprint density at radius 1 is 1.33 bits per heavy atom. The second-order valence-corrected chi connectivity index (χ2v) is 8.04. The van der Waals surface area contributed by atoms with Crippen LogP contribution < -0.4 is 0 Å². The van der Waals surface area contributed by atoms with Gasteiger partial charge >= 0.3 is 0 Å². The molecule has 1 atom stereocenters. The van der Waals surface area contributed by atoms with Crippen molar-refractivity contribution in [2.75, 3.05) is 20.2 Å². The number of hydrogen-bond acceptors (Lipinski definition) is 3. The van der Waals surface area contributed by atoms with Crippen LogP contribution in [0.4, 0.5) is 0 Å². The van der Waals surface area contributed by atoms with Crippen molar-refractivity contribution < 1.29 is 13.2 Å². The summed E-state index contributed by atoms with van der Waals surface area (Å²) in [6.45, 7) is 1.16. The first-order chi connectivity index (χ1) is 9.91. The van der Waals surface area contributed by atoms with Crippen molar-refractivity contribution in [1.29, 1.82) is 0 Å². The van der Waals surface area contributed by atoms with E-state index in [1.54, 1.807) is 13.1 Å². The van der Waals surface area contributed by atoms with E-state index < -0.39 is 10.0 Å². The van der Waals surface area contributed by atoms with Gasteiger partial charge in [-0.2, -0.15) is 0 Å². The predicted octanol–water partition coefficient (Wildman–Crippen LogP) is 3.57. The highest BCUT2D eigenvalue weighted by Gasteiger charge is 2.25. The summed E-state index contributed by atoms with van der Waals surface area (Å²) in [4.78, 5) is 0.0451. The monoisotopic (exact) mass is 351 g/mol. The first kappa shape index (κ1) is 17.0. The third-order valence-corrected chi connectivity index (χ3v) is 6.19. The third kappa shape index (κ3) is 4.33. The van der Waals surface area contributed by atoms with Gasteiger partial charge in [0.25, 0.3) is 0 Å². The van der Waals surface area contributed by atoms with Crippen LogP contribution in [-0.4, -0.2) is 39.0 Å². The van der Waals surface area contributed by atoms with E-state index in [2.05, 4.69) is 0 Å². The van der Waals surface area contributed by atoms with Crippen molar-refractivity contribution in [2.24, 2.45) is 0 Å². The summed E-state index contributed by atoms with van der Waals surface area (Å²) in [5.74, 6) is 0. The van der Waals surface area contributed by atoms with Gasteiger partial charge < -0.3 is 4.74 Å². The zero-order chi connectivity index (χ0) is 15.5. The van der Waals surface area contributed by atoms with Crippen LogP contribution in [0.1, 0.15) is 25.7 Å². The molecule has 7 heteroatoms. The minimum atomic E-state index is -3.63. The molecule has 0 saturated carbocycles. The highest BCUT2D eigenvalue weighted by atomic mass is 35.5. The van der Waals surface area contributed by atoms with Gasteiger partial charge in [-0.15, -0.1) is 0 Å². The van der Waals surface area contributed by atoms with Gasteiger partial charge in [0.2, 0.25) is 10.0 Å². The molecule has 0 bridgehead atoms. The van der Waals surface area contributed by atoms with Crippen LogP contribution >= 0.6 is 23.2 Å². The van der Waals surface area contributed by atoms with Crippen LogP contribution in [0.2, 0.25) is 10.0 Å². The van der Waals surface area contributed by atoms with Crippen molar-refractivity contribution in [2.45, 2.75) is 36.7 Å². The van der Waals surface area contributed by atoms with Gasteiger partial charge in [0.1, 0.15) is 4.90 Å². The Morgan fingerprint density at radius 3 is 2.76 bits per heavy atom. The second kappa shape index (κ2) is 7.29. The van der Waals surface area contributed by atoms with E-state index in [4.69, 9.17) is 27.9 Å². The first-order valence-corrected chi connectivity index (χ1v) is 9.14. The summed E-state index contributed by atoms with van der Waals surface area (Å²) in [7, 11) is -2.08. The number of rotatable bonds is 5. The zero-order valence-electron chi connectivity index (χ0n) is 11.9. The van der Waals surface area contributed by atoms with Crippen molar-refractivity contribution in [3.8, 4) is 0 Å². The lowest BCUT2D eigenvalue weighted by molar-refractivity contribution is 0.00950. The number of hydrogen-bond donors (Lipinski definition) is 0. The Bertz CT molecular complexity index is 586. The minimum Gasteiger partial charge on any atom is -0.378 e. The summed E-state index contributed by atoms with van der Waals surface area (Å²) in [6, 6.07) is 4.44. The molecule has 2 rings (SSSR count). The van der Waals surface area contributed by atoms with Crippen molar-refractivity contribution in [1.82, 2.24) is 4.31 Å². The Labute approximate surface area is 136 Å².